The lowest BCUT2D eigenvalue weighted by atomic mass is 9.76. The molecular formula is C18H25BF3NO2. The molecule has 25 heavy (non-hydrogen) atoms. The van der Waals surface area contributed by atoms with Crippen molar-refractivity contribution in [3.8, 4) is 0 Å². The summed E-state index contributed by atoms with van der Waals surface area (Å²) in [5.74, 6) is 0. The van der Waals surface area contributed by atoms with Crippen LogP contribution in [0.5, 0.6) is 0 Å². The predicted molar refractivity (Wildman–Crippen MR) is 94.2 cm³/mol. The summed E-state index contributed by atoms with van der Waals surface area (Å²) in [4.78, 5) is 0. The standard InChI is InChI=1S/C18H25BF3NO2/c1-12-13(8-7-9-15(12)18(20,21)22)10-14(11-23-6)19-24-16(2,3)17(4,5)25-19/h7-10,23H,11H2,1-6H3. The lowest BCUT2D eigenvalue weighted by Crippen LogP contribution is -2.41. The van der Waals surface area contributed by atoms with Crippen LogP contribution in [0.1, 0.15) is 44.4 Å². The van der Waals surface area contributed by atoms with E-state index in [1.807, 2.05) is 27.7 Å². The van der Waals surface area contributed by atoms with Crippen LogP contribution in [0.2, 0.25) is 0 Å². The van der Waals surface area contributed by atoms with Crippen LogP contribution in [0.25, 0.3) is 6.08 Å². The Hall–Kier alpha value is -1.31. The summed E-state index contributed by atoms with van der Waals surface area (Å²) < 4.78 is 51.5. The summed E-state index contributed by atoms with van der Waals surface area (Å²) in [6.07, 6.45) is -2.65. The van der Waals surface area contributed by atoms with Gasteiger partial charge in [0.1, 0.15) is 0 Å². The molecule has 0 amide bonds. The summed E-state index contributed by atoms with van der Waals surface area (Å²) >= 11 is 0. The van der Waals surface area contributed by atoms with Gasteiger partial charge in [-0.1, -0.05) is 18.2 Å². The van der Waals surface area contributed by atoms with E-state index in [9.17, 15) is 13.2 Å². The van der Waals surface area contributed by atoms with E-state index < -0.39 is 30.1 Å². The molecule has 7 heteroatoms. The molecule has 2 rings (SSSR count). The Balaban J connectivity index is 2.43. The molecule has 0 atom stereocenters. The Kier molecular flexibility index (Phi) is 5.43. The van der Waals surface area contributed by atoms with Crippen LogP contribution >= 0.6 is 0 Å². The molecule has 1 aromatic rings. The number of halogens is 3. The van der Waals surface area contributed by atoms with E-state index in [2.05, 4.69) is 5.32 Å². The average molecular weight is 355 g/mol. The summed E-state index contributed by atoms with van der Waals surface area (Å²) in [7, 11) is 1.17. The van der Waals surface area contributed by atoms with E-state index in [1.165, 1.54) is 13.0 Å². The average Bonchev–Trinajstić information content (AvgIpc) is 2.67. The molecule has 1 aliphatic heterocycles. The maximum absolute atomic E-state index is 13.1. The first kappa shape index (κ1) is 20.0. The fourth-order valence-electron chi connectivity index (χ4n) is 2.72. The van der Waals surface area contributed by atoms with Crippen molar-refractivity contribution >= 4 is 13.2 Å². The minimum Gasteiger partial charge on any atom is -0.400 e. The monoisotopic (exact) mass is 355 g/mol. The van der Waals surface area contributed by atoms with Gasteiger partial charge >= 0.3 is 13.3 Å². The van der Waals surface area contributed by atoms with Crippen molar-refractivity contribution < 1.29 is 22.5 Å². The third-order valence-electron chi connectivity index (χ3n) is 4.96. The molecule has 0 spiro atoms. The Morgan fingerprint density at radius 3 is 2.20 bits per heavy atom. The second-order valence-corrected chi connectivity index (χ2v) is 7.36. The van der Waals surface area contributed by atoms with Crippen LogP contribution in [0.3, 0.4) is 0 Å². The zero-order chi connectivity index (χ0) is 19.0. The first-order chi connectivity index (χ1) is 11.4. The normalized spacial score (nSPS) is 20.2. The largest absolute Gasteiger partial charge is 0.491 e. The SMILES string of the molecule is CNCC(=Cc1cccc(C(F)(F)F)c1C)B1OC(C)(C)C(C)(C)O1. The number of hydrogen-bond acceptors (Lipinski definition) is 3. The molecule has 1 aromatic carbocycles. The molecule has 3 nitrogen and oxygen atoms in total. The van der Waals surface area contributed by atoms with Gasteiger partial charge < -0.3 is 14.6 Å². The van der Waals surface area contributed by atoms with E-state index >= 15 is 0 Å². The number of alkyl halides is 3. The summed E-state index contributed by atoms with van der Waals surface area (Å²) in [6, 6.07) is 4.19. The Morgan fingerprint density at radius 2 is 1.72 bits per heavy atom. The van der Waals surface area contributed by atoms with Gasteiger partial charge in [-0.25, -0.2) is 0 Å². The highest BCUT2D eigenvalue weighted by Gasteiger charge is 2.52. The topological polar surface area (TPSA) is 30.5 Å². The molecule has 138 valence electrons. The molecular weight excluding hydrogens is 330 g/mol. The van der Waals surface area contributed by atoms with Gasteiger partial charge in [0.05, 0.1) is 16.8 Å². The van der Waals surface area contributed by atoms with Gasteiger partial charge in [0.15, 0.2) is 0 Å². The maximum Gasteiger partial charge on any atom is 0.491 e. The van der Waals surface area contributed by atoms with Gasteiger partial charge in [0.2, 0.25) is 0 Å². The van der Waals surface area contributed by atoms with Gasteiger partial charge in [0, 0.05) is 6.54 Å². The van der Waals surface area contributed by atoms with Gasteiger partial charge in [-0.05, 0) is 64.3 Å². The van der Waals surface area contributed by atoms with Crippen molar-refractivity contribution in [1.82, 2.24) is 5.32 Å². The van der Waals surface area contributed by atoms with Crippen molar-refractivity contribution in [2.75, 3.05) is 13.6 Å². The van der Waals surface area contributed by atoms with Crippen molar-refractivity contribution in [3.05, 3.63) is 40.4 Å². The minimum atomic E-state index is -4.37. The number of likely N-dealkylation sites (N-methyl/N-ethyl adjacent to an activating group) is 1. The zero-order valence-corrected chi connectivity index (χ0v) is 15.5. The van der Waals surface area contributed by atoms with E-state index in [1.54, 1.807) is 19.2 Å². The van der Waals surface area contributed by atoms with Crippen molar-refractivity contribution in [2.45, 2.75) is 52.0 Å². The second kappa shape index (κ2) is 6.78. The van der Waals surface area contributed by atoms with Crippen LogP contribution < -0.4 is 5.32 Å². The third kappa shape index (κ3) is 4.10. The van der Waals surface area contributed by atoms with Gasteiger partial charge in [-0.3, -0.25) is 0 Å². The molecule has 0 bridgehead atoms. The van der Waals surface area contributed by atoms with E-state index in [0.29, 0.717) is 12.1 Å². The number of hydrogen-bond donors (Lipinski definition) is 1. The molecule has 1 fully saturated rings. The summed E-state index contributed by atoms with van der Waals surface area (Å²) in [5, 5.41) is 3.03. The van der Waals surface area contributed by atoms with Gasteiger partial charge in [0.25, 0.3) is 0 Å². The van der Waals surface area contributed by atoms with Crippen molar-refractivity contribution in [2.24, 2.45) is 0 Å². The van der Waals surface area contributed by atoms with Gasteiger partial charge in [-0.2, -0.15) is 13.2 Å². The number of benzene rings is 1. The molecule has 0 aliphatic carbocycles. The first-order valence-electron chi connectivity index (χ1n) is 8.26. The highest BCUT2D eigenvalue weighted by molar-refractivity contribution is 6.55. The molecule has 1 heterocycles. The maximum atomic E-state index is 13.1. The fraction of sp³-hybridized carbons (Fsp3) is 0.556. The van der Waals surface area contributed by atoms with Crippen molar-refractivity contribution in [3.63, 3.8) is 0 Å². The zero-order valence-electron chi connectivity index (χ0n) is 15.5. The molecule has 0 unspecified atom stereocenters. The lowest BCUT2D eigenvalue weighted by Gasteiger charge is -2.32. The van der Waals surface area contributed by atoms with E-state index in [0.717, 1.165) is 11.5 Å². The first-order valence-corrected chi connectivity index (χ1v) is 8.26. The molecule has 1 saturated heterocycles. The number of nitrogens with one attached hydrogen (secondary N) is 1. The predicted octanol–water partition coefficient (Wildman–Crippen LogP) is 4.25. The minimum absolute atomic E-state index is 0.195. The van der Waals surface area contributed by atoms with Crippen LogP contribution in [0, 0.1) is 6.92 Å². The molecule has 0 aromatic heterocycles. The Labute approximate surface area is 147 Å². The fourth-order valence-corrected chi connectivity index (χ4v) is 2.72. The van der Waals surface area contributed by atoms with E-state index in [4.69, 9.17) is 9.31 Å². The molecule has 0 radical (unpaired) electrons. The number of rotatable bonds is 4. The second-order valence-electron chi connectivity index (χ2n) is 7.36. The van der Waals surface area contributed by atoms with Crippen LogP contribution in [0.4, 0.5) is 13.2 Å². The summed E-state index contributed by atoms with van der Waals surface area (Å²) in [5.41, 5.74) is -0.182. The van der Waals surface area contributed by atoms with Crippen LogP contribution in [0.15, 0.2) is 23.7 Å². The Morgan fingerprint density at radius 1 is 1.16 bits per heavy atom. The molecule has 1 aliphatic rings. The van der Waals surface area contributed by atoms with Gasteiger partial charge in [-0.15, -0.1) is 0 Å². The lowest BCUT2D eigenvalue weighted by molar-refractivity contribution is -0.138. The molecule has 0 saturated carbocycles. The van der Waals surface area contributed by atoms with Crippen molar-refractivity contribution in [1.29, 1.82) is 0 Å². The highest BCUT2D eigenvalue weighted by Crippen LogP contribution is 2.39. The molecule has 1 N–H and O–H groups in total. The smallest absolute Gasteiger partial charge is 0.400 e. The van der Waals surface area contributed by atoms with Crippen LogP contribution in [-0.2, 0) is 15.5 Å². The van der Waals surface area contributed by atoms with Crippen LogP contribution in [-0.4, -0.2) is 31.9 Å². The third-order valence-corrected chi connectivity index (χ3v) is 4.96. The quantitative estimate of drug-likeness (QED) is 0.820. The highest BCUT2D eigenvalue weighted by atomic mass is 19.4. The summed E-state index contributed by atoms with van der Waals surface area (Å²) in [6.45, 7) is 9.71. The van der Waals surface area contributed by atoms with E-state index in [-0.39, 0.29) is 5.56 Å². The Bertz CT molecular complexity index is 653.